The number of hydrogen-bond donors (Lipinski definition) is 1. The Balaban J connectivity index is 1.92. The summed E-state index contributed by atoms with van der Waals surface area (Å²) < 4.78 is 5.30. The summed E-state index contributed by atoms with van der Waals surface area (Å²) in [6.07, 6.45) is 2.47. The molecule has 14 heavy (non-hydrogen) atoms. The van der Waals surface area contributed by atoms with Gasteiger partial charge in [-0.15, -0.1) is 0 Å². The highest BCUT2D eigenvalue weighted by molar-refractivity contribution is 4.63. The van der Waals surface area contributed by atoms with Gasteiger partial charge in [0, 0.05) is 19.1 Å². The van der Waals surface area contributed by atoms with Gasteiger partial charge < -0.3 is 10.1 Å². The molecule has 1 aliphatic heterocycles. The largest absolute Gasteiger partial charge is 0.379 e. The van der Waals surface area contributed by atoms with E-state index in [4.69, 9.17) is 4.74 Å². The van der Waals surface area contributed by atoms with E-state index in [0.29, 0.717) is 6.04 Å². The lowest BCUT2D eigenvalue weighted by atomic mass is 10.2. The molecule has 0 amide bonds. The Morgan fingerprint density at radius 3 is 2.71 bits per heavy atom. The molecule has 1 heterocycles. The SMILES string of the molecule is CC[C@@H](C)NCCCN1CCOCC1. The van der Waals surface area contributed by atoms with E-state index in [0.717, 1.165) is 32.8 Å². The topological polar surface area (TPSA) is 24.5 Å². The fraction of sp³-hybridized carbons (Fsp3) is 1.00. The van der Waals surface area contributed by atoms with Crippen molar-refractivity contribution in [3.8, 4) is 0 Å². The first kappa shape index (κ1) is 12.0. The molecule has 1 atom stereocenters. The number of morpholine rings is 1. The van der Waals surface area contributed by atoms with Gasteiger partial charge in [-0.3, -0.25) is 4.90 Å². The van der Waals surface area contributed by atoms with Crippen molar-refractivity contribution < 1.29 is 4.74 Å². The van der Waals surface area contributed by atoms with Crippen molar-refractivity contribution in [1.82, 2.24) is 10.2 Å². The van der Waals surface area contributed by atoms with E-state index in [9.17, 15) is 0 Å². The van der Waals surface area contributed by atoms with Crippen molar-refractivity contribution in [3.63, 3.8) is 0 Å². The van der Waals surface area contributed by atoms with Crippen molar-refractivity contribution in [2.45, 2.75) is 32.7 Å². The second kappa shape index (κ2) is 7.21. The fourth-order valence-electron chi connectivity index (χ4n) is 1.62. The van der Waals surface area contributed by atoms with Crippen LogP contribution in [0.15, 0.2) is 0 Å². The molecule has 0 aromatic carbocycles. The maximum absolute atomic E-state index is 5.30. The first-order valence-electron chi connectivity index (χ1n) is 5.86. The Hall–Kier alpha value is -0.120. The van der Waals surface area contributed by atoms with Crippen LogP contribution in [-0.4, -0.2) is 50.3 Å². The van der Waals surface area contributed by atoms with Crippen LogP contribution in [0.4, 0.5) is 0 Å². The first-order valence-corrected chi connectivity index (χ1v) is 5.86. The van der Waals surface area contributed by atoms with Gasteiger partial charge in [0.25, 0.3) is 0 Å². The minimum Gasteiger partial charge on any atom is -0.379 e. The molecule has 0 spiro atoms. The molecule has 0 aliphatic carbocycles. The van der Waals surface area contributed by atoms with E-state index >= 15 is 0 Å². The highest BCUT2D eigenvalue weighted by Gasteiger charge is 2.08. The molecule has 1 aliphatic rings. The third-order valence-electron chi connectivity index (χ3n) is 2.86. The molecule has 0 saturated carbocycles. The zero-order valence-electron chi connectivity index (χ0n) is 9.59. The first-order chi connectivity index (χ1) is 6.83. The molecule has 3 heteroatoms. The summed E-state index contributed by atoms with van der Waals surface area (Å²) in [4.78, 5) is 2.49. The maximum atomic E-state index is 5.30. The quantitative estimate of drug-likeness (QED) is 0.650. The number of rotatable bonds is 6. The molecule has 1 fully saturated rings. The molecule has 0 bridgehead atoms. The van der Waals surface area contributed by atoms with Gasteiger partial charge in [0.05, 0.1) is 13.2 Å². The van der Waals surface area contributed by atoms with Gasteiger partial charge in [0.2, 0.25) is 0 Å². The molecule has 84 valence electrons. The zero-order chi connectivity index (χ0) is 10.2. The van der Waals surface area contributed by atoms with Gasteiger partial charge in [0.15, 0.2) is 0 Å². The highest BCUT2D eigenvalue weighted by atomic mass is 16.5. The molecule has 0 unspecified atom stereocenters. The predicted octanol–water partition coefficient (Wildman–Crippen LogP) is 1.10. The summed E-state index contributed by atoms with van der Waals surface area (Å²) in [7, 11) is 0. The third kappa shape index (κ3) is 4.94. The molecule has 0 aromatic heterocycles. The molecule has 1 N–H and O–H groups in total. The Kier molecular flexibility index (Phi) is 6.15. The molecule has 1 rings (SSSR count). The van der Waals surface area contributed by atoms with E-state index in [-0.39, 0.29) is 0 Å². The van der Waals surface area contributed by atoms with E-state index < -0.39 is 0 Å². The minimum absolute atomic E-state index is 0.666. The average Bonchev–Trinajstić information content (AvgIpc) is 2.25. The van der Waals surface area contributed by atoms with Crippen LogP contribution in [0.25, 0.3) is 0 Å². The lowest BCUT2D eigenvalue weighted by Gasteiger charge is -2.26. The predicted molar refractivity (Wildman–Crippen MR) is 59.6 cm³/mol. The second-order valence-corrected chi connectivity index (χ2v) is 4.07. The van der Waals surface area contributed by atoms with Crippen molar-refractivity contribution in [2.24, 2.45) is 0 Å². The lowest BCUT2D eigenvalue weighted by Crippen LogP contribution is -2.38. The van der Waals surface area contributed by atoms with Gasteiger partial charge in [-0.1, -0.05) is 6.92 Å². The standard InChI is InChI=1S/C11H24N2O/c1-3-11(2)12-5-4-6-13-7-9-14-10-8-13/h11-12H,3-10H2,1-2H3/t11-/m1/s1. The number of hydrogen-bond acceptors (Lipinski definition) is 3. The normalized spacial score (nSPS) is 21.0. The highest BCUT2D eigenvalue weighted by Crippen LogP contribution is 1.97. The number of ether oxygens (including phenoxy) is 1. The van der Waals surface area contributed by atoms with Crippen LogP contribution in [0.5, 0.6) is 0 Å². The summed E-state index contributed by atoms with van der Waals surface area (Å²) in [5.41, 5.74) is 0. The molecule has 0 aromatic rings. The zero-order valence-corrected chi connectivity index (χ0v) is 9.59. The van der Waals surface area contributed by atoms with Crippen molar-refractivity contribution >= 4 is 0 Å². The van der Waals surface area contributed by atoms with Gasteiger partial charge >= 0.3 is 0 Å². The third-order valence-corrected chi connectivity index (χ3v) is 2.86. The van der Waals surface area contributed by atoms with Crippen molar-refractivity contribution in [3.05, 3.63) is 0 Å². The van der Waals surface area contributed by atoms with Crippen LogP contribution in [-0.2, 0) is 4.74 Å². The summed E-state index contributed by atoms with van der Waals surface area (Å²) in [6, 6.07) is 0.666. The van der Waals surface area contributed by atoms with Crippen LogP contribution >= 0.6 is 0 Å². The number of nitrogens with one attached hydrogen (secondary N) is 1. The minimum atomic E-state index is 0.666. The van der Waals surface area contributed by atoms with Crippen LogP contribution < -0.4 is 5.32 Å². The van der Waals surface area contributed by atoms with Crippen LogP contribution in [0.1, 0.15) is 26.7 Å². The van der Waals surface area contributed by atoms with Crippen LogP contribution in [0, 0.1) is 0 Å². The van der Waals surface area contributed by atoms with Crippen molar-refractivity contribution in [1.29, 1.82) is 0 Å². The van der Waals surface area contributed by atoms with E-state index in [1.165, 1.54) is 19.4 Å². The van der Waals surface area contributed by atoms with E-state index in [1.807, 2.05) is 0 Å². The Morgan fingerprint density at radius 2 is 2.07 bits per heavy atom. The summed E-state index contributed by atoms with van der Waals surface area (Å²) >= 11 is 0. The second-order valence-electron chi connectivity index (χ2n) is 4.07. The van der Waals surface area contributed by atoms with Gasteiger partial charge in [-0.25, -0.2) is 0 Å². The molecule has 0 radical (unpaired) electrons. The molecular formula is C11H24N2O. The van der Waals surface area contributed by atoms with E-state index in [2.05, 4.69) is 24.1 Å². The van der Waals surface area contributed by atoms with Crippen molar-refractivity contribution in [2.75, 3.05) is 39.4 Å². The van der Waals surface area contributed by atoms with Crippen LogP contribution in [0.3, 0.4) is 0 Å². The Labute approximate surface area is 87.8 Å². The van der Waals surface area contributed by atoms with Gasteiger partial charge in [0.1, 0.15) is 0 Å². The fourth-order valence-corrected chi connectivity index (χ4v) is 1.62. The van der Waals surface area contributed by atoms with Gasteiger partial charge in [-0.2, -0.15) is 0 Å². The lowest BCUT2D eigenvalue weighted by molar-refractivity contribution is 0.0374. The number of nitrogens with zero attached hydrogens (tertiary/aromatic N) is 1. The Bertz CT molecular complexity index is 135. The van der Waals surface area contributed by atoms with Gasteiger partial charge in [-0.05, 0) is 32.9 Å². The molecule has 3 nitrogen and oxygen atoms in total. The molecule has 1 saturated heterocycles. The summed E-state index contributed by atoms with van der Waals surface area (Å²) in [5, 5.41) is 3.51. The summed E-state index contributed by atoms with van der Waals surface area (Å²) in [5.74, 6) is 0. The van der Waals surface area contributed by atoms with E-state index in [1.54, 1.807) is 0 Å². The monoisotopic (exact) mass is 200 g/mol. The molecular weight excluding hydrogens is 176 g/mol. The smallest absolute Gasteiger partial charge is 0.0594 e. The van der Waals surface area contributed by atoms with Crippen LogP contribution in [0.2, 0.25) is 0 Å². The summed E-state index contributed by atoms with van der Waals surface area (Å²) in [6.45, 7) is 10.9. The maximum Gasteiger partial charge on any atom is 0.0594 e. The average molecular weight is 200 g/mol. The Morgan fingerprint density at radius 1 is 1.36 bits per heavy atom.